The average Bonchev–Trinajstić information content (AvgIpc) is 1.89. The van der Waals surface area contributed by atoms with Gasteiger partial charge in [-0.2, -0.15) is 0 Å². The van der Waals surface area contributed by atoms with Crippen molar-refractivity contribution in [3.05, 3.63) is 24.0 Å². The highest BCUT2D eigenvalue weighted by Crippen LogP contribution is 2.16. The Morgan fingerprint density at radius 1 is 1.40 bits per heavy atom. The Morgan fingerprint density at radius 2 is 2.40 bits per heavy atom. The zero-order chi connectivity index (χ0) is 6.81. The van der Waals surface area contributed by atoms with Gasteiger partial charge < -0.3 is 9.47 Å². The molecule has 1 unspecified atom stereocenters. The number of allylic oxidation sites excluding steroid dienone is 1. The molecule has 0 spiro atoms. The molecule has 2 bridgehead atoms. The standard InChI is InChI=1S/C8H10O2/c1-2-8-4-3-7(1)9-5-6-10-8/h1-3,8H,4-6H2. The van der Waals surface area contributed by atoms with Gasteiger partial charge in [0.05, 0.1) is 12.7 Å². The SMILES string of the molecule is C1=CC2CC=C1OCCO2. The molecule has 0 saturated heterocycles. The minimum absolute atomic E-state index is 0.299. The normalized spacial score (nSPS) is 30.4. The van der Waals surface area contributed by atoms with Crippen molar-refractivity contribution in [1.29, 1.82) is 0 Å². The van der Waals surface area contributed by atoms with Crippen molar-refractivity contribution >= 4 is 0 Å². The molecule has 2 heteroatoms. The van der Waals surface area contributed by atoms with Crippen molar-refractivity contribution in [2.75, 3.05) is 13.2 Å². The Morgan fingerprint density at radius 3 is 3.20 bits per heavy atom. The van der Waals surface area contributed by atoms with E-state index in [9.17, 15) is 0 Å². The predicted octanol–water partition coefficient (Wildman–Crippen LogP) is 1.25. The zero-order valence-corrected chi connectivity index (χ0v) is 5.75. The van der Waals surface area contributed by atoms with Gasteiger partial charge in [-0.15, -0.1) is 0 Å². The highest BCUT2D eigenvalue weighted by atomic mass is 16.5. The molecule has 3 aliphatic rings. The molecular formula is C8H10O2. The van der Waals surface area contributed by atoms with Crippen molar-refractivity contribution in [2.45, 2.75) is 12.5 Å². The van der Waals surface area contributed by atoms with Crippen LogP contribution in [-0.2, 0) is 9.47 Å². The molecule has 0 fully saturated rings. The van der Waals surface area contributed by atoms with E-state index in [0.29, 0.717) is 19.3 Å². The molecule has 2 nitrogen and oxygen atoms in total. The minimum atomic E-state index is 0.299. The first-order chi connectivity index (χ1) is 4.95. The molecule has 1 aliphatic carbocycles. The fourth-order valence-electron chi connectivity index (χ4n) is 1.17. The first-order valence-electron chi connectivity index (χ1n) is 3.58. The van der Waals surface area contributed by atoms with E-state index in [1.54, 1.807) is 0 Å². The topological polar surface area (TPSA) is 18.5 Å². The third-order valence-electron chi connectivity index (χ3n) is 1.71. The van der Waals surface area contributed by atoms with Gasteiger partial charge in [-0.25, -0.2) is 0 Å². The van der Waals surface area contributed by atoms with E-state index in [2.05, 4.69) is 12.2 Å². The van der Waals surface area contributed by atoms with Crippen LogP contribution in [0, 0.1) is 0 Å². The summed E-state index contributed by atoms with van der Waals surface area (Å²) in [6, 6.07) is 0. The summed E-state index contributed by atoms with van der Waals surface area (Å²) < 4.78 is 10.7. The van der Waals surface area contributed by atoms with Crippen molar-refractivity contribution in [3.63, 3.8) is 0 Å². The Labute approximate surface area is 60.1 Å². The van der Waals surface area contributed by atoms with Crippen molar-refractivity contribution in [1.82, 2.24) is 0 Å². The second-order valence-corrected chi connectivity index (χ2v) is 2.46. The maximum atomic E-state index is 5.41. The minimum Gasteiger partial charge on any atom is -0.492 e. The summed E-state index contributed by atoms with van der Waals surface area (Å²) in [4.78, 5) is 0. The van der Waals surface area contributed by atoms with Gasteiger partial charge in [0.2, 0.25) is 0 Å². The van der Waals surface area contributed by atoms with E-state index in [1.165, 1.54) is 0 Å². The summed E-state index contributed by atoms with van der Waals surface area (Å²) in [5, 5.41) is 0. The Kier molecular flexibility index (Phi) is 1.47. The lowest BCUT2D eigenvalue weighted by molar-refractivity contribution is 0.0320. The average molecular weight is 138 g/mol. The molecule has 0 aromatic heterocycles. The Bertz CT molecular complexity index is 182. The fraction of sp³-hybridized carbons (Fsp3) is 0.500. The van der Waals surface area contributed by atoms with Gasteiger partial charge in [0.1, 0.15) is 12.4 Å². The molecule has 0 N–H and O–H groups in total. The van der Waals surface area contributed by atoms with Crippen LogP contribution in [0.15, 0.2) is 24.0 Å². The lowest BCUT2D eigenvalue weighted by Crippen LogP contribution is -2.19. The smallest absolute Gasteiger partial charge is 0.115 e. The molecule has 54 valence electrons. The van der Waals surface area contributed by atoms with Crippen LogP contribution in [0.2, 0.25) is 0 Å². The number of ether oxygens (including phenoxy) is 2. The van der Waals surface area contributed by atoms with Gasteiger partial charge in [-0.3, -0.25) is 0 Å². The Balaban J connectivity index is 2.17. The van der Waals surface area contributed by atoms with Crippen LogP contribution in [0.4, 0.5) is 0 Å². The van der Waals surface area contributed by atoms with Gasteiger partial charge in [-0.1, -0.05) is 6.08 Å². The molecule has 0 aromatic carbocycles. The fourth-order valence-corrected chi connectivity index (χ4v) is 1.17. The number of hydrogen-bond acceptors (Lipinski definition) is 2. The lowest BCUT2D eigenvalue weighted by atomic mass is 10.1. The lowest BCUT2D eigenvalue weighted by Gasteiger charge is -2.21. The van der Waals surface area contributed by atoms with E-state index in [-0.39, 0.29) is 0 Å². The van der Waals surface area contributed by atoms with Crippen molar-refractivity contribution < 1.29 is 9.47 Å². The van der Waals surface area contributed by atoms with E-state index in [4.69, 9.17) is 9.47 Å². The quantitative estimate of drug-likeness (QED) is 0.501. The molecule has 10 heavy (non-hydrogen) atoms. The van der Waals surface area contributed by atoms with Crippen LogP contribution in [0.25, 0.3) is 0 Å². The molecule has 0 aromatic rings. The van der Waals surface area contributed by atoms with E-state index < -0.39 is 0 Å². The van der Waals surface area contributed by atoms with Gasteiger partial charge in [-0.05, 0) is 18.6 Å². The van der Waals surface area contributed by atoms with Crippen LogP contribution in [0.3, 0.4) is 0 Å². The summed E-state index contributed by atoms with van der Waals surface area (Å²) in [6.45, 7) is 1.40. The monoisotopic (exact) mass is 138 g/mol. The van der Waals surface area contributed by atoms with Crippen LogP contribution in [-0.4, -0.2) is 19.3 Å². The summed E-state index contributed by atoms with van der Waals surface area (Å²) >= 11 is 0. The molecule has 0 amide bonds. The molecule has 0 radical (unpaired) electrons. The number of fused-ring (bicyclic) bond motifs is 4. The predicted molar refractivity (Wildman–Crippen MR) is 37.5 cm³/mol. The van der Waals surface area contributed by atoms with Crippen LogP contribution in [0.1, 0.15) is 6.42 Å². The number of hydrogen-bond donors (Lipinski definition) is 0. The summed E-state index contributed by atoms with van der Waals surface area (Å²) in [5.41, 5.74) is 0. The van der Waals surface area contributed by atoms with Gasteiger partial charge in [0.25, 0.3) is 0 Å². The van der Waals surface area contributed by atoms with E-state index in [1.807, 2.05) is 6.08 Å². The van der Waals surface area contributed by atoms with Crippen LogP contribution in [0.5, 0.6) is 0 Å². The van der Waals surface area contributed by atoms with Crippen molar-refractivity contribution in [3.8, 4) is 0 Å². The molecule has 0 saturated carbocycles. The van der Waals surface area contributed by atoms with Gasteiger partial charge in [0.15, 0.2) is 0 Å². The molecule has 2 aliphatic heterocycles. The van der Waals surface area contributed by atoms with Crippen LogP contribution >= 0.6 is 0 Å². The maximum absolute atomic E-state index is 5.41. The van der Waals surface area contributed by atoms with Crippen LogP contribution < -0.4 is 0 Å². The molecule has 3 rings (SSSR count). The summed E-state index contributed by atoms with van der Waals surface area (Å²) in [5.74, 6) is 1.000. The number of rotatable bonds is 0. The van der Waals surface area contributed by atoms with Gasteiger partial charge in [0, 0.05) is 0 Å². The highest BCUT2D eigenvalue weighted by Gasteiger charge is 2.12. The maximum Gasteiger partial charge on any atom is 0.115 e. The first-order valence-corrected chi connectivity index (χ1v) is 3.58. The third-order valence-corrected chi connectivity index (χ3v) is 1.71. The van der Waals surface area contributed by atoms with Crippen molar-refractivity contribution in [2.24, 2.45) is 0 Å². The second-order valence-electron chi connectivity index (χ2n) is 2.46. The largest absolute Gasteiger partial charge is 0.492 e. The molecule has 1 atom stereocenters. The highest BCUT2D eigenvalue weighted by molar-refractivity contribution is 5.19. The third kappa shape index (κ3) is 1.07. The van der Waals surface area contributed by atoms with Gasteiger partial charge >= 0.3 is 0 Å². The molecular weight excluding hydrogens is 128 g/mol. The molecule has 2 heterocycles. The second kappa shape index (κ2) is 2.46. The first kappa shape index (κ1) is 5.98. The summed E-state index contributed by atoms with van der Waals surface area (Å²) in [7, 11) is 0. The Hall–Kier alpha value is -0.760. The van der Waals surface area contributed by atoms with E-state index in [0.717, 1.165) is 12.2 Å². The zero-order valence-electron chi connectivity index (χ0n) is 5.75. The summed E-state index contributed by atoms with van der Waals surface area (Å²) in [6.07, 6.45) is 7.37. The van der Waals surface area contributed by atoms with E-state index >= 15 is 0 Å².